The zero-order valence-corrected chi connectivity index (χ0v) is 21.3. The van der Waals surface area contributed by atoms with Crippen LogP contribution < -0.4 is 10.6 Å². The number of hydrogen-bond donors (Lipinski definition) is 4. The van der Waals surface area contributed by atoms with E-state index in [1.165, 1.54) is 6.07 Å². The van der Waals surface area contributed by atoms with Gasteiger partial charge in [0.15, 0.2) is 0 Å². The maximum absolute atomic E-state index is 13.6. The zero-order chi connectivity index (χ0) is 26.3. The summed E-state index contributed by atoms with van der Waals surface area (Å²) in [6.07, 6.45) is -0.805. The van der Waals surface area contributed by atoms with Gasteiger partial charge in [-0.3, -0.25) is 9.59 Å². The van der Waals surface area contributed by atoms with E-state index in [1.807, 2.05) is 0 Å². The molecule has 2 rings (SSSR count). The molecule has 2 aromatic carbocycles. The van der Waals surface area contributed by atoms with Crippen LogP contribution in [0.25, 0.3) is 0 Å². The summed E-state index contributed by atoms with van der Waals surface area (Å²) in [4.78, 5) is 39.9. The van der Waals surface area contributed by atoms with E-state index in [2.05, 4.69) is 10.6 Å². The van der Waals surface area contributed by atoms with Crippen molar-refractivity contribution in [3.05, 3.63) is 58.1 Å². The molecule has 4 N–H and O–H groups in total. The van der Waals surface area contributed by atoms with Crippen LogP contribution in [0.15, 0.2) is 36.4 Å². The van der Waals surface area contributed by atoms with Crippen molar-refractivity contribution >= 4 is 35.2 Å². The molecule has 0 aliphatic rings. The van der Waals surface area contributed by atoms with Crippen molar-refractivity contribution in [1.82, 2.24) is 10.2 Å². The molecule has 1 unspecified atom stereocenters. The van der Waals surface area contributed by atoms with Crippen molar-refractivity contribution in [1.29, 1.82) is 0 Å². The van der Waals surface area contributed by atoms with Gasteiger partial charge in [0.25, 0.3) is 5.91 Å². The molecule has 0 spiro atoms. The number of phenolic OH excluding ortho intramolecular Hbond substituents is 1. The lowest BCUT2D eigenvalue weighted by molar-refractivity contribution is -0.138. The number of amides is 3. The predicted molar refractivity (Wildman–Crippen MR) is 133 cm³/mol. The second-order valence-corrected chi connectivity index (χ2v) is 9.41. The molecule has 0 heterocycles. The summed E-state index contributed by atoms with van der Waals surface area (Å²) in [5.74, 6) is -1.48. The molecule has 0 aliphatic heterocycles. The number of halogens is 1. The minimum absolute atomic E-state index is 0.159. The Labute approximate surface area is 210 Å². The average Bonchev–Trinajstić information content (AvgIpc) is 2.76. The number of carbonyl (C=O) groups excluding carboxylic acids is 3. The van der Waals surface area contributed by atoms with E-state index in [0.717, 1.165) is 4.90 Å². The van der Waals surface area contributed by atoms with Gasteiger partial charge >= 0.3 is 6.09 Å². The van der Waals surface area contributed by atoms with Crippen molar-refractivity contribution in [2.45, 2.75) is 46.3 Å². The van der Waals surface area contributed by atoms with E-state index in [4.69, 9.17) is 16.3 Å². The highest BCUT2D eigenvalue weighted by atomic mass is 35.5. The molecule has 190 valence electrons. The molecule has 35 heavy (non-hydrogen) atoms. The lowest BCUT2D eigenvalue weighted by Crippen LogP contribution is -2.47. The van der Waals surface area contributed by atoms with Gasteiger partial charge in [0.2, 0.25) is 5.91 Å². The van der Waals surface area contributed by atoms with E-state index >= 15 is 0 Å². The van der Waals surface area contributed by atoms with Gasteiger partial charge in [-0.05, 0) is 51.8 Å². The third-order valence-electron chi connectivity index (χ3n) is 5.04. The second-order valence-electron chi connectivity index (χ2n) is 9.00. The number of rotatable bonds is 8. The number of nitrogens with zero attached hydrogens (tertiary/aromatic N) is 1. The first-order valence-electron chi connectivity index (χ1n) is 11.1. The Kier molecular flexibility index (Phi) is 9.50. The fourth-order valence-electron chi connectivity index (χ4n) is 3.40. The number of phenols is 1. The SMILES string of the molecule is Cc1cccc(C(C(=O)Nc2c(C)cccc2Cl)N(CCO)C(=O)CNC(=O)OC(C)(C)C)c1O. The highest BCUT2D eigenvalue weighted by Crippen LogP contribution is 2.34. The van der Waals surface area contributed by atoms with Crippen LogP contribution in [-0.4, -0.2) is 58.3 Å². The molecule has 1 atom stereocenters. The number of aliphatic hydroxyl groups is 1. The maximum atomic E-state index is 13.6. The number of aryl methyl sites for hydroxylation is 2. The summed E-state index contributed by atoms with van der Waals surface area (Å²) in [6.45, 7) is 7.30. The summed E-state index contributed by atoms with van der Waals surface area (Å²) in [6, 6.07) is 8.62. The quantitative estimate of drug-likeness (QED) is 0.433. The van der Waals surface area contributed by atoms with Crippen molar-refractivity contribution in [3.63, 3.8) is 0 Å². The summed E-state index contributed by atoms with van der Waals surface area (Å²) in [5.41, 5.74) is 0.952. The topological polar surface area (TPSA) is 128 Å². The number of carbonyl (C=O) groups is 3. The van der Waals surface area contributed by atoms with Crippen LogP contribution in [0.4, 0.5) is 10.5 Å². The Hall–Kier alpha value is -3.30. The average molecular weight is 506 g/mol. The molecule has 10 heteroatoms. The number of benzene rings is 2. The maximum Gasteiger partial charge on any atom is 0.408 e. The third kappa shape index (κ3) is 7.60. The lowest BCUT2D eigenvalue weighted by Gasteiger charge is -2.32. The number of alkyl carbamates (subject to hydrolysis) is 1. The van der Waals surface area contributed by atoms with Gasteiger partial charge in [-0.15, -0.1) is 0 Å². The molecule has 0 saturated carbocycles. The molecule has 0 bridgehead atoms. The van der Waals surface area contributed by atoms with Gasteiger partial charge in [-0.1, -0.05) is 41.9 Å². The first-order chi connectivity index (χ1) is 16.4. The number of nitrogens with one attached hydrogen (secondary N) is 2. The van der Waals surface area contributed by atoms with E-state index in [0.29, 0.717) is 21.8 Å². The van der Waals surface area contributed by atoms with Crippen molar-refractivity contribution in [2.75, 3.05) is 25.0 Å². The Morgan fingerprint density at radius 3 is 2.31 bits per heavy atom. The molecule has 0 fully saturated rings. The number of hydrogen-bond acceptors (Lipinski definition) is 6. The zero-order valence-electron chi connectivity index (χ0n) is 20.5. The number of ether oxygens (including phenoxy) is 1. The normalized spacial score (nSPS) is 12.0. The van der Waals surface area contributed by atoms with E-state index < -0.39 is 42.7 Å². The van der Waals surface area contributed by atoms with E-state index in [-0.39, 0.29) is 17.9 Å². The third-order valence-corrected chi connectivity index (χ3v) is 5.35. The number of anilines is 1. The molecular formula is C25H32ClN3O6. The van der Waals surface area contributed by atoms with E-state index in [9.17, 15) is 24.6 Å². The summed E-state index contributed by atoms with van der Waals surface area (Å²) < 4.78 is 5.16. The molecule has 0 aromatic heterocycles. The fraction of sp³-hybridized carbons (Fsp3) is 0.400. The van der Waals surface area contributed by atoms with E-state index in [1.54, 1.807) is 65.0 Å². The standard InChI is InChI=1S/C25H32ClN3O6/c1-15-8-7-11-18(26)20(15)28-23(33)21(17-10-6-9-16(2)22(17)32)29(12-13-30)19(31)14-27-24(34)35-25(3,4)5/h6-11,21,30,32H,12-14H2,1-5H3,(H,27,34)(H,28,33). The number of aromatic hydroxyl groups is 1. The van der Waals surface area contributed by atoms with Gasteiger partial charge in [0.1, 0.15) is 23.9 Å². The Bertz CT molecular complexity index is 1060. The highest BCUT2D eigenvalue weighted by Gasteiger charge is 2.34. The smallest absolute Gasteiger partial charge is 0.408 e. The van der Waals surface area contributed by atoms with Crippen LogP contribution in [0, 0.1) is 13.8 Å². The minimum atomic E-state index is -1.33. The Morgan fingerprint density at radius 2 is 1.71 bits per heavy atom. The van der Waals surface area contributed by atoms with Crippen LogP contribution in [0.1, 0.15) is 43.5 Å². The van der Waals surface area contributed by atoms with Gasteiger partial charge in [-0.25, -0.2) is 4.79 Å². The van der Waals surface area contributed by atoms with Crippen molar-refractivity contribution in [2.24, 2.45) is 0 Å². The van der Waals surface area contributed by atoms with Crippen LogP contribution >= 0.6 is 11.6 Å². The van der Waals surface area contributed by atoms with Gasteiger partial charge in [-0.2, -0.15) is 0 Å². The number of aliphatic hydroxyl groups excluding tert-OH is 1. The van der Waals surface area contributed by atoms with Crippen LogP contribution in [0.2, 0.25) is 5.02 Å². The van der Waals surface area contributed by atoms with Crippen molar-refractivity contribution < 1.29 is 29.3 Å². The molecular weight excluding hydrogens is 474 g/mol. The molecule has 0 saturated heterocycles. The number of para-hydroxylation sites is 2. The summed E-state index contributed by atoms with van der Waals surface area (Å²) >= 11 is 6.28. The Morgan fingerprint density at radius 1 is 1.09 bits per heavy atom. The van der Waals surface area contributed by atoms with Crippen LogP contribution in [-0.2, 0) is 14.3 Å². The second kappa shape index (κ2) is 11.9. The predicted octanol–water partition coefficient (Wildman–Crippen LogP) is 3.69. The summed E-state index contributed by atoms with van der Waals surface area (Å²) in [7, 11) is 0. The lowest BCUT2D eigenvalue weighted by atomic mass is 9.99. The first-order valence-corrected chi connectivity index (χ1v) is 11.4. The molecule has 3 amide bonds. The molecule has 2 aromatic rings. The highest BCUT2D eigenvalue weighted by molar-refractivity contribution is 6.34. The van der Waals surface area contributed by atoms with Crippen molar-refractivity contribution in [3.8, 4) is 5.75 Å². The fourth-order valence-corrected chi connectivity index (χ4v) is 3.67. The molecule has 0 aliphatic carbocycles. The Balaban J connectivity index is 2.44. The van der Waals surface area contributed by atoms with Gasteiger partial charge in [0.05, 0.1) is 17.3 Å². The van der Waals surface area contributed by atoms with Gasteiger partial charge < -0.3 is 30.5 Å². The molecule has 9 nitrogen and oxygen atoms in total. The molecule has 0 radical (unpaired) electrons. The van der Waals surface area contributed by atoms with Gasteiger partial charge in [0, 0.05) is 12.1 Å². The summed E-state index contributed by atoms with van der Waals surface area (Å²) in [5, 5.41) is 25.8. The largest absolute Gasteiger partial charge is 0.507 e. The monoisotopic (exact) mass is 505 g/mol. The van der Waals surface area contributed by atoms with Crippen LogP contribution in [0.3, 0.4) is 0 Å². The first kappa shape index (κ1) is 27.9. The van der Waals surface area contributed by atoms with Crippen LogP contribution in [0.5, 0.6) is 5.75 Å². The minimum Gasteiger partial charge on any atom is -0.507 e.